The Morgan fingerprint density at radius 3 is 1.27 bits per heavy atom. The van der Waals surface area contributed by atoms with Gasteiger partial charge in [0.2, 0.25) is 0 Å². The molecule has 1 saturated carbocycles. The van der Waals surface area contributed by atoms with Crippen LogP contribution in [0.5, 0.6) is 0 Å². The quantitative estimate of drug-likeness (QED) is 0.564. The van der Waals surface area contributed by atoms with E-state index in [-0.39, 0.29) is 0 Å². The molecule has 0 heterocycles. The minimum absolute atomic E-state index is 1.28. The molecule has 1 heteroatoms. The van der Waals surface area contributed by atoms with E-state index in [0.29, 0.717) is 0 Å². The van der Waals surface area contributed by atoms with Crippen molar-refractivity contribution in [1.29, 1.82) is 0 Å². The van der Waals surface area contributed by atoms with Gasteiger partial charge in [-0.2, -0.15) is 0 Å². The van der Waals surface area contributed by atoms with Crippen LogP contribution < -0.4 is 13.2 Å². The molecule has 0 N–H and O–H groups in total. The first-order chi connectivity index (χ1) is 12.9. The summed E-state index contributed by atoms with van der Waals surface area (Å²) in [6, 6.07) is 33.8. The summed E-state index contributed by atoms with van der Waals surface area (Å²) in [6.45, 7) is 0. The zero-order valence-electron chi connectivity index (χ0n) is 15.3. The maximum atomic E-state index is 2.76. The molecule has 130 valence electrons. The zero-order valence-corrected chi connectivity index (χ0v) is 17.4. The molecule has 0 aromatic heterocycles. The van der Waals surface area contributed by atoms with Crippen LogP contribution in [-0.2, 0) is 0 Å². The first-order valence-corrected chi connectivity index (χ1v) is 14.1. The van der Waals surface area contributed by atoms with Crippen LogP contribution in [0, 0.1) is 0 Å². The van der Waals surface area contributed by atoms with Gasteiger partial charge >= 0.3 is 160 Å². The van der Waals surface area contributed by atoms with Crippen molar-refractivity contribution in [3.8, 4) is 0 Å². The van der Waals surface area contributed by atoms with Gasteiger partial charge in [-0.3, -0.25) is 0 Å². The molecule has 0 aliphatic heterocycles. The molecule has 3 aromatic rings. The summed E-state index contributed by atoms with van der Waals surface area (Å²) in [5.74, 6) is 0. The Kier molecular flexibility index (Phi) is 5.40. The predicted molar refractivity (Wildman–Crippen MR) is 115 cm³/mol. The van der Waals surface area contributed by atoms with Crippen LogP contribution in [-0.4, -0.2) is 13.3 Å². The maximum absolute atomic E-state index is 2.85. The summed E-state index contributed by atoms with van der Waals surface area (Å²) in [6.07, 6.45) is 6.64. The van der Waals surface area contributed by atoms with Gasteiger partial charge in [0.1, 0.15) is 0 Å². The van der Waals surface area contributed by atoms with E-state index >= 15 is 0 Å². The number of hydrogen-bond acceptors (Lipinski definition) is 0. The molecule has 1 fully saturated rings. The fraction of sp³-hybridized carbons (Fsp3) is 0.200. The Morgan fingerprint density at radius 1 is 0.500 bits per heavy atom. The third-order valence-electron chi connectivity index (χ3n) is 5.60. The Labute approximate surface area is 160 Å². The van der Waals surface area contributed by atoms with Gasteiger partial charge in [0, 0.05) is 0 Å². The summed E-state index contributed by atoms with van der Waals surface area (Å²) in [4.78, 5) is 2.76. The molecule has 0 bridgehead atoms. The summed E-state index contributed by atoms with van der Waals surface area (Å²) >= 11 is -2.85. The van der Waals surface area contributed by atoms with Crippen LogP contribution in [0.4, 0.5) is 0 Å². The van der Waals surface area contributed by atoms with Crippen LogP contribution >= 0.6 is 0 Å². The molecular formula is C25H26Ge. The van der Waals surface area contributed by atoms with Crippen molar-refractivity contribution in [3.05, 3.63) is 101 Å². The summed E-state index contributed by atoms with van der Waals surface area (Å²) in [5, 5.41) is 0. The molecule has 0 spiro atoms. The topological polar surface area (TPSA) is 0 Å². The predicted octanol–water partition coefficient (Wildman–Crippen LogP) is 4.59. The second kappa shape index (κ2) is 8.09. The van der Waals surface area contributed by atoms with Crippen molar-refractivity contribution >= 4 is 26.5 Å². The zero-order chi connectivity index (χ0) is 17.7. The Hall–Kier alpha value is -2.06. The van der Waals surface area contributed by atoms with E-state index in [9.17, 15) is 0 Å². The SMILES string of the molecule is [CH](=C1CCCCC1)[Ge]([c]1ccccc1)([c]1ccccc1)[c]1ccccc1. The molecule has 0 amide bonds. The van der Waals surface area contributed by atoms with Gasteiger partial charge in [0.25, 0.3) is 0 Å². The summed E-state index contributed by atoms with van der Waals surface area (Å²) in [5.41, 5.74) is 1.69. The Bertz CT molecular complexity index is 746. The third kappa shape index (κ3) is 3.43. The molecular weight excluding hydrogens is 373 g/mol. The van der Waals surface area contributed by atoms with Crippen molar-refractivity contribution in [2.24, 2.45) is 0 Å². The van der Waals surface area contributed by atoms with Gasteiger partial charge in [0.15, 0.2) is 0 Å². The van der Waals surface area contributed by atoms with E-state index in [4.69, 9.17) is 0 Å². The van der Waals surface area contributed by atoms with Crippen LogP contribution in [0.1, 0.15) is 32.1 Å². The summed E-state index contributed by atoms with van der Waals surface area (Å²) in [7, 11) is 0. The van der Waals surface area contributed by atoms with E-state index in [0.717, 1.165) is 0 Å². The second-order valence-electron chi connectivity index (χ2n) is 7.27. The fourth-order valence-electron chi connectivity index (χ4n) is 4.31. The number of hydrogen-bond donors (Lipinski definition) is 0. The monoisotopic (exact) mass is 400 g/mol. The molecule has 0 atom stereocenters. The average molecular weight is 399 g/mol. The van der Waals surface area contributed by atoms with Gasteiger partial charge in [-0.05, 0) is 0 Å². The Balaban J connectivity index is 2.00. The third-order valence-corrected chi connectivity index (χ3v) is 15.2. The van der Waals surface area contributed by atoms with Crippen LogP contribution in [0.2, 0.25) is 0 Å². The molecule has 0 radical (unpaired) electrons. The first-order valence-electron chi connectivity index (χ1n) is 9.77. The van der Waals surface area contributed by atoms with Crippen LogP contribution in [0.15, 0.2) is 101 Å². The second-order valence-corrected chi connectivity index (χ2v) is 14.9. The van der Waals surface area contributed by atoms with E-state index in [1.54, 1.807) is 5.57 Å². The molecule has 3 aromatic carbocycles. The van der Waals surface area contributed by atoms with Gasteiger partial charge in [0.05, 0.1) is 0 Å². The van der Waals surface area contributed by atoms with E-state index < -0.39 is 13.3 Å². The van der Waals surface area contributed by atoms with E-state index in [1.165, 1.54) is 45.3 Å². The Morgan fingerprint density at radius 2 is 0.885 bits per heavy atom. The molecule has 26 heavy (non-hydrogen) atoms. The van der Waals surface area contributed by atoms with E-state index in [2.05, 4.69) is 95.9 Å². The average Bonchev–Trinajstić information content (AvgIpc) is 2.75. The van der Waals surface area contributed by atoms with E-state index in [1.807, 2.05) is 0 Å². The summed E-state index contributed by atoms with van der Waals surface area (Å²) < 4.78 is 4.59. The van der Waals surface area contributed by atoms with Crippen LogP contribution in [0.25, 0.3) is 0 Å². The molecule has 0 saturated heterocycles. The molecule has 4 rings (SSSR count). The molecule has 0 unspecified atom stereocenters. The van der Waals surface area contributed by atoms with Crippen molar-refractivity contribution < 1.29 is 0 Å². The fourth-order valence-corrected chi connectivity index (χ4v) is 13.9. The standard InChI is InChI=1S/C25H26Ge/c1-5-13-22(14-6-1)21-26(23-15-7-2-8-16-23,24-17-9-3-10-18-24)25-19-11-4-12-20-25/h2-4,7-12,15-21H,1,5-6,13-14H2. The van der Waals surface area contributed by atoms with Gasteiger partial charge in [-0.1, -0.05) is 0 Å². The molecule has 0 nitrogen and oxygen atoms in total. The minimum atomic E-state index is -2.85. The molecule has 1 aliphatic carbocycles. The first kappa shape index (κ1) is 17.4. The van der Waals surface area contributed by atoms with Gasteiger partial charge in [-0.15, -0.1) is 0 Å². The van der Waals surface area contributed by atoms with Crippen molar-refractivity contribution in [3.63, 3.8) is 0 Å². The molecule has 1 aliphatic rings. The normalized spacial score (nSPS) is 14.8. The van der Waals surface area contributed by atoms with Crippen molar-refractivity contribution in [2.45, 2.75) is 32.1 Å². The van der Waals surface area contributed by atoms with Gasteiger partial charge in [-0.25, -0.2) is 0 Å². The number of rotatable bonds is 4. The number of benzene rings is 3. The van der Waals surface area contributed by atoms with Crippen LogP contribution in [0.3, 0.4) is 0 Å². The van der Waals surface area contributed by atoms with Crippen molar-refractivity contribution in [2.75, 3.05) is 0 Å². The van der Waals surface area contributed by atoms with Gasteiger partial charge < -0.3 is 0 Å². The van der Waals surface area contributed by atoms with Crippen molar-refractivity contribution in [1.82, 2.24) is 0 Å². The number of allylic oxidation sites excluding steroid dienone is 1.